The van der Waals surface area contributed by atoms with Crippen molar-refractivity contribution in [3.05, 3.63) is 0 Å². The van der Waals surface area contributed by atoms with Crippen LogP contribution in [0.1, 0.15) is 0 Å². The third-order valence-corrected chi connectivity index (χ3v) is 0. The minimum absolute atomic E-state index is 0. The molecule has 0 heterocycles. The second kappa shape index (κ2) is 18.0. The first-order valence-corrected chi connectivity index (χ1v) is 3.50. The summed E-state index contributed by atoms with van der Waals surface area (Å²) in [5.41, 5.74) is 0. The van der Waals surface area contributed by atoms with Crippen molar-refractivity contribution in [2.75, 3.05) is 0 Å². The predicted molar refractivity (Wildman–Crippen MR) is 11.7 cm³/mol. The molecule has 0 rings (SSSR count). The van der Waals surface area contributed by atoms with E-state index in [0.29, 0.717) is 0 Å². The molecule has 0 aromatic rings. The third-order valence-electron chi connectivity index (χ3n) is 0. The molecule has 0 aromatic heterocycles. The molecule has 0 nitrogen and oxygen atoms in total. The molecule has 0 fully saturated rings. The molecule has 4 heteroatoms. The van der Waals surface area contributed by atoms with E-state index in [0.717, 1.165) is 0 Å². The zero-order chi connectivity index (χ0) is 2.00. The fourth-order valence-corrected chi connectivity index (χ4v) is 0. The van der Waals surface area contributed by atoms with Crippen LogP contribution in [0.15, 0.2) is 0 Å². The Kier molecular flexibility index (Phi) is 72.7. The van der Waals surface area contributed by atoms with Crippen molar-refractivity contribution in [3.8, 4) is 0 Å². The van der Waals surface area contributed by atoms with Crippen molar-refractivity contribution in [2.45, 2.75) is 0 Å². The summed E-state index contributed by atoms with van der Waals surface area (Å²) in [5.74, 6) is 0. The zero-order valence-electron chi connectivity index (χ0n) is 1.50. The molecule has 0 spiro atoms. The molecule has 0 atom stereocenters. The van der Waals surface area contributed by atoms with E-state index in [1.165, 1.54) is 0 Å². The molecule has 0 aliphatic carbocycles. The van der Waals surface area contributed by atoms with Gasteiger partial charge in [0.1, 0.15) is 0 Å². The summed E-state index contributed by atoms with van der Waals surface area (Å²) < 4.78 is 0. The Hall–Kier alpha value is 2.43. The summed E-state index contributed by atoms with van der Waals surface area (Å²) in [6.07, 6.45) is 0. The molecule has 0 saturated heterocycles. The quantitative estimate of drug-likeness (QED) is 0.283. The maximum absolute atomic E-state index is 2.76. The van der Waals surface area contributed by atoms with E-state index in [1.54, 1.807) is 0 Å². The van der Waals surface area contributed by atoms with Crippen LogP contribution in [0.25, 0.3) is 0 Å². The molecule has 0 saturated carbocycles. The van der Waals surface area contributed by atoms with Crippen LogP contribution < -0.4 is 41.0 Å². The predicted octanol–water partition coefficient (Wildman–Crippen LogP) is -5.68. The standard InChI is InChI=1S/Ag.2BrH.H2I/h;2*1H;1H2/q+1;;;+1/p-2. The molecule has 0 amide bonds. The van der Waals surface area contributed by atoms with E-state index in [9.17, 15) is 0 Å². The minimum Gasteiger partial charge on any atom is 0.235 e. The van der Waals surface area contributed by atoms with E-state index >= 15 is 0 Å². The molecular weight excluding hydrogens is 395 g/mol. The van der Waals surface area contributed by atoms with E-state index in [4.69, 9.17) is 0 Å². The van der Waals surface area contributed by atoms with Gasteiger partial charge in [-0.25, -0.2) is 0 Å². The van der Waals surface area contributed by atoms with Crippen molar-refractivity contribution < 1.29 is 59.9 Å². The van der Waals surface area contributed by atoms with Crippen molar-refractivity contribution in [1.82, 2.24) is 0 Å². The molecule has 0 aliphatic rings. The van der Waals surface area contributed by atoms with Crippen LogP contribution >= 0.6 is 13.0 Å². The van der Waals surface area contributed by atoms with Crippen LogP contribution in [0.4, 0.5) is 0 Å². The molecular formula is H2AgBr2I. The molecule has 0 unspecified atom stereocenters. The van der Waals surface area contributed by atoms with Crippen molar-refractivity contribution in [2.24, 2.45) is 0 Å². The molecule has 0 aliphatic heterocycles. The summed E-state index contributed by atoms with van der Waals surface area (Å²) in [6.45, 7) is 0. The maximum atomic E-state index is 2.76. The van der Waals surface area contributed by atoms with E-state index in [1.807, 2.05) is 0 Å². The van der Waals surface area contributed by atoms with Crippen LogP contribution in [-0.4, -0.2) is 0 Å². The van der Waals surface area contributed by atoms with Crippen LogP contribution in [-0.2, 0) is 18.9 Å². The molecule has 0 radical (unpaired) electrons. The number of rotatable bonds is 0. The Labute approximate surface area is 71.8 Å². The Balaban J connectivity index is -0.00000000500. The van der Waals surface area contributed by atoms with Crippen molar-refractivity contribution in [3.63, 3.8) is 0 Å². The summed E-state index contributed by atoms with van der Waals surface area (Å²) >= 11 is 5.51. The van der Waals surface area contributed by atoms with Gasteiger partial charge >= 0.3 is 32.0 Å². The largest absolute Gasteiger partial charge is 0.235 e. The summed E-state index contributed by atoms with van der Waals surface area (Å²) in [6, 6.07) is 0. The van der Waals surface area contributed by atoms with Gasteiger partial charge in [0, 0.05) is 0 Å². The second-order valence-corrected chi connectivity index (χ2v) is 0. The summed E-state index contributed by atoms with van der Waals surface area (Å²) in [4.78, 5) is 0. The zero-order valence-corrected chi connectivity index (χ0v) is 8.71. The smallest absolute Gasteiger partial charge is 0.235 e. The van der Waals surface area contributed by atoms with E-state index < -0.39 is 0 Å². The van der Waals surface area contributed by atoms with Crippen LogP contribution in [0.2, 0.25) is 0 Å². The van der Waals surface area contributed by atoms with Gasteiger partial charge in [-0.1, -0.05) is 0 Å². The fraction of sp³-hybridized carbons (Fsp3) is 0. The molecule has 4 heavy (non-hydrogen) atoms. The number of halogens is 3. The Bertz CT molecular complexity index is 6.00. The first kappa shape index (κ1) is 16.1. The second-order valence-electron chi connectivity index (χ2n) is 0. The Morgan fingerprint density at radius 1 is 1.25 bits per heavy atom. The SMILES string of the molecule is [Br-].[Br][Ag].[IH2+]. The summed E-state index contributed by atoms with van der Waals surface area (Å²) in [5, 5.41) is 0. The van der Waals surface area contributed by atoms with Gasteiger partial charge in [-0.2, -0.15) is 0 Å². The van der Waals surface area contributed by atoms with Gasteiger partial charge in [-0.05, 0) is 0 Å². The Morgan fingerprint density at radius 3 is 1.25 bits per heavy atom. The van der Waals surface area contributed by atoms with Gasteiger partial charge in [0.25, 0.3) is 0 Å². The third kappa shape index (κ3) is 8.83. The van der Waals surface area contributed by atoms with Gasteiger partial charge < -0.3 is 17.0 Å². The van der Waals surface area contributed by atoms with E-state index in [2.05, 4.69) is 32.0 Å². The average molecular weight is 397 g/mol. The monoisotopic (exact) mass is 394 g/mol. The molecule has 0 bridgehead atoms. The van der Waals surface area contributed by atoms with Crippen LogP contribution in [0.3, 0.4) is 0 Å². The van der Waals surface area contributed by atoms with Crippen molar-refractivity contribution in [1.29, 1.82) is 0 Å². The first-order chi connectivity index (χ1) is 1.00. The van der Waals surface area contributed by atoms with Gasteiger partial charge in [-0.3, -0.25) is 0 Å². The van der Waals surface area contributed by atoms with Crippen molar-refractivity contribution >= 4 is 13.0 Å². The average Bonchev–Trinajstić information content (AvgIpc) is 1.00. The Morgan fingerprint density at radius 2 is 1.25 bits per heavy atom. The van der Waals surface area contributed by atoms with Crippen LogP contribution in [0, 0.1) is 0 Å². The van der Waals surface area contributed by atoms with Crippen LogP contribution in [0.5, 0.6) is 0 Å². The number of hydrogen-bond donors (Lipinski definition) is 0. The topological polar surface area (TPSA) is 0 Å². The number of hydrogen-bond acceptors (Lipinski definition) is 0. The minimum atomic E-state index is 0. The van der Waals surface area contributed by atoms with Gasteiger partial charge in [0.2, 0.25) is 24.0 Å². The van der Waals surface area contributed by atoms with Gasteiger partial charge in [0.15, 0.2) is 0 Å². The molecule has 34 valence electrons. The summed E-state index contributed by atoms with van der Waals surface area (Å²) in [7, 11) is 0. The van der Waals surface area contributed by atoms with Gasteiger partial charge in [0.05, 0.1) is 0 Å². The van der Waals surface area contributed by atoms with E-state index in [-0.39, 0.29) is 41.0 Å². The first-order valence-electron chi connectivity index (χ1n) is 0.114. The maximum Gasteiger partial charge on any atom is 0.235 e. The normalized spacial score (nSPS) is 1.75. The van der Waals surface area contributed by atoms with Gasteiger partial charge in [-0.15, -0.1) is 0 Å². The fourth-order valence-electron chi connectivity index (χ4n) is 0. The molecule has 0 N–H and O–H groups in total. The molecule has 0 aromatic carbocycles.